The standard InChI is InChI=1S/C24H18F3N7O2/c1-3-6-32-21(14-4-5-31-20(27)8-14)22(34(29)19-10-17(26)16(25)9-18(19)28)23(35)33(24(32)36)15-7-13(2)11-30-12-15/h1,4-5,7-12H,6,28-29H2,2H3. The van der Waals surface area contributed by atoms with E-state index in [-0.39, 0.29) is 34.9 Å². The first-order valence-corrected chi connectivity index (χ1v) is 10.3. The third-order valence-electron chi connectivity index (χ3n) is 5.26. The Labute approximate surface area is 202 Å². The second kappa shape index (κ2) is 9.40. The molecule has 0 atom stereocenters. The summed E-state index contributed by atoms with van der Waals surface area (Å²) in [5.74, 6) is 5.15. The van der Waals surface area contributed by atoms with Crippen molar-refractivity contribution in [3.8, 4) is 29.3 Å². The Morgan fingerprint density at radius 1 is 1.11 bits per heavy atom. The zero-order chi connectivity index (χ0) is 26.1. The van der Waals surface area contributed by atoms with E-state index in [0.29, 0.717) is 22.7 Å². The van der Waals surface area contributed by atoms with E-state index in [9.17, 15) is 22.8 Å². The van der Waals surface area contributed by atoms with E-state index in [1.807, 2.05) is 0 Å². The van der Waals surface area contributed by atoms with Crippen LogP contribution in [0.25, 0.3) is 16.9 Å². The van der Waals surface area contributed by atoms with Crippen LogP contribution in [0.5, 0.6) is 0 Å². The second-order valence-electron chi connectivity index (χ2n) is 7.69. The molecular formula is C24H18F3N7O2. The lowest BCUT2D eigenvalue weighted by atomic mass is 10.1. The Hall–Kier alpha value is -4.89. The van der Waals surface area contributed by atoms with E-state index < -0.39 is 34.5 Å². The molecule has 182 valence electrons. The van der Waals surface area contributed by atoms with Crippen molar-refractivity contribution in [3.05, 3.63) is 92.9 Å². The Bertz CT molecular complexity index is 1660. The number of hydrazine groups is 1. The number of nitrogens with two attached hydrogens (primary N) is 2. The fourth-order valence-electron chi connectivity index (χ4n) is 3.71. The van der Waals surface area contributed by atoms with Crippen LogP contribution in [0, 0.1) is 36.8 Å². The maximum atomic E-state index is 14.1. The molecule has 4 aromatic rings. The summed E-state index contributed by atoms with van der Waals surface area (Å²) in [6.07, 6.45) is 9.41. The van der Waals surface area contributed by atoms with Gasteiger partial charge >= 0.3 is 5.69 Å². The second-order valence-corrected chi connectivity index (χ2v) is 7.69. The number of aromatic nitrogens is 4. The van der Waals surface area contributed by atoms with Gasteiger partial charge in [-0.05, 0) is 24.6 Å². The van der Waals surface area contributed by atoms with E-state index in [2.05, 4.69) is 15.9 Å². The highest BCUT2D eigenvalue weighted by Gasteiger charge is 2.27. The summed E-state index contributed by atoms with van der Waals surface area (Å²) in [6.45, 7) is 1.35. The minimum Gasteiger partial charge on any atom is -0.397 e. The number of nitrogen functional groups attached to an aromatic ring is 1. The SMILES string of the molecule is C#CCn1c(-c2ccnc(F)c2)c(N(N)c2cc(F)c(F)cc2N)c(=O)n(-c2cncc(C)c2)c1=O. The molecule has 0 unspecified atom stereocenters. The van der Waals surface area contributed by atoms with Crippen LogP contribution < -0.4 is 27.8 Å². The van der Waals surface area contributed by atoms with Crippen LogP contribution in [0.3, 0.4) is 0 Å². The fourth-order valence-corrected chi connectivity index (χ4v) is 3.71. The van der Waals surface area contributed by atoms with Crippen LogP contribution in [-0.4, -0.2) is 19.1 Å². The van der Waals surface area contributed by atoms with Gasteiger partial charge in [0.05, 0.1) is 35.5 Å². The van der Waals surface area contributed by atoms with Crippen LogP contribution in [0.15, 0.2) is 58.5 Å². The molecule has 0 aliphatic heterocycles. The van der Waals surface area contributed by atoms with Gasteiger partial charge in [0.2, 0.25) is 5.95 Å². The maximum absolute atomic E-state index is 14.1. The summed E-state index contributed by atoms with van der Waals surface area (Å²) < 4.78 is 43.7. The molecule has 0 aliphatic carbocycles. The number of benzene rings is 1. The minimum atomic E-state index is -1.29. The first kappa shape index (κ1) is 24.2. The molecule has 1 aromatic carbocycles. The van der Waals surface area contributed by atoms with Gasteiger partial charge in [-0.1, -0.05) is 5.92 Å². The molecule has 0 radical (unpaired) electrons. The maximum Gasteiger partial charge on any atom is 0.337 e. The molecule has 4 N–H and O–H groups in total. The van der Waals surface area contributed by atoms with Gasteiger partial charge in [0.25, 0.3) is 5.56 Å². The summed E-state index contributed by atoms with van der Waals surface area (Å²) >= 11 is 0. The van der Waals surface area contributed by atoms with Gasteiger partial charge in [-0.15, -0.1) is 6.42 Å². The van der Waals surface area contributed by atoms with Gasteiger partial charge in [0.15, 0.2) is 11.6 Å². The monoisotopic (exact) mass is 493 g/mol. The molecule has 0 saturated carbocycles. The van der Waals surface area contributed by atoms with Crippen LogP contribution >= 0.6 is 0 Å². The molecule has 0 aliphatic rings. The Kier molecular flexibility index (Phi) is 6.33. The third kappa shape index (κ3) is 4.19. The number of nitrogens with zero attached hydrogens (tertiary/aromatic N) is 5. The first-order valence-electron chi connectivity index (χ1n) is 10.3. The molecule has 3 aromatic heterocycles. The Morgan fingerprint density at radius 2 is 1.83 bits per heavy atom. The van der Waals surface area contributed by atoms with Gasteiger partial charge in [-0.25, -0.2) is 29.0 Å². The van der Waals surface area contributed by atoms with Crippen molar-refractivity contribution >= 4 is 17.1 Å². The van der Waals surface area contributed by atoms with E-state index in [4.69, 9.17) is 18.0 Å². The van der Waals surface area contributed by atoms with Gasteiger partial charge in [-0.3, -0.25) is 19.4 Å². The van der Waals surface area contributed by atoms with Crippen molar-refractivity contribution in [3.63, 3.8) is 0 Å². The highest BCUT2D eigenvalue weighted by atomic mass is 19.2. The van der Waals surface area contributed by atoms with Crippen molar-refractivity contribution in [2.75, 3.05) is 10.7 Å². The molecule has 3 heterocycles. The van der Waals surface area contributed by atoms with E-state index >= 15 is 0 Å². The summed E-state index contributed by atoms with van der Waals surface area (Å²) in [5.41, 5.74) is 3.58. The predicted octanol–water partition coefficient (Wildman–Crippen LogP) is 2.41. The summed E-state index contributed by atoms with van der Waals surface area (Å²) in [6, 6.07) is 5.20. The largest absolute Gasteiger partial charge is 0.397 e. The van der Waals surface area contributed by atoms with Gasteiger partial charge in [-0.2, -0.15) is 4.39 Å². The number of rotatable bonds is 5. The highest BCUT2D eigenvalue weighted by Crippen LogP contribution is 2.34. The van der Waals surface area contributed by atoms with E-state index in [0.717, 1.165) is 21.4 Å². The zero-order valence-electron chi connectivity index (χ0n) is 18.7. The van der Waals surface area contributed by atoms with Crippen LogP contribution in [-0.2, 0) is 6.54 Å². The highest BCUT2D eigenvalue weighted by molar-refractivity contribution is 5.82. The van der Waals surface area contributed by atoms with Gasteiger partial charge in [0, 0.05) is 36.2 Å². The first-order chi connectivity index (χ1) is 17.1. The average molecular weight is 493 g/mol. The molecule has 0 fully saturated rings. The molecule has 12 heteroatoms. The molecule has 0 saturated heterocycles. The molecule has 9 nitrogen and oxygen atoms in total. The summed E-state index contributed by atoms with van der Waals surface area (Å²) in [7, 11) is 0. The zero-order valence-corrected chi connectivity index (χ0v) is 18.7. The summed E-state index contributed by atoms with van der Waals surface area (Å²) in [4.78, 5) is 34.9. The normalized spacial score (nSPS) is 10.8. The lowest BCUT2D eigenvalue weighted by Crippen LogP contribution is -2.44. The molecule has 0 amide bonds. The molecule has 0 bridgehead atoms. The molecule has 0 spiro atoms. The van der Waals surface area contributed by atoms with Crippen molar-refractivity contribution in [2.45, 2.75) is 13.5 Å². The summed E-state index contributed by atoms with van der Waals surface area (Å²) in [5, 5.41) is 0.694. The number of anilines is 3. The van der Waals surface area contributed by atoms with Crippen molar-refractivity contribution < 1.29 is 13.2 Å². The quantitative estimate of drug-likeness (QED) is 0.144. The van der Waals surface area contributed by atoms with Crippen molar-refractivity contribution in [1.29, 1.82) is 0 Å². The van der Waals surface area contributed by atoms with Gasteiger partial charge < -0.3 is 5.73 Å². The lowest BCUT2D eigenvalue weighted by Gasteiger charge is -2.26. The van der Waals surface area contributed by atoms with E-state index in [1.165, 1.54) is 24.5 Å². The molecule has 4 rings (SSSR count). The molecular weight excluding hydrogens is 475 g/mol. The number of pyridine rings is 2. The van der Waals surface area contributed by atoms with Crippen LogP contribution in [0.4, 0.5) is 30.2 Å². The molecule has 36 heavy (non-hydrogen) atoms. The Balaban J connectivity index is 2.18. The number of terminal acetylenes is 1. The van der Waals surface area contributed by atoms with Crippen molar-refractivity contribution in [2.24, 2.45) is 5.84 Å². The average Bonchev–Trinajstić information content (AvgIpc) is 2.82. The Morgan fingerprint density at radius 3 is 2.50 bits per heavy atom. The lowest BCUT2D eigenvalue weighted by molar-refractivity contribution is 0.509. The van der Waals surface area contributed by atoms with Gasteiger partial charge in [0.1, 0.15) is 5.69 Å². The number of halogens is 3. The predicted molar refractivity (Wildman–Crippen MR) is 128 cm³/mol. The van der Waals surface area contributed by atoms with Crippen LogP contribution in [0.2, 0.25) is 0 Å². The number of hydrogen-bond donors (Lipinski definition) is 2. The van der Waals surface area contributed by atoms with E-state index in [1.54, 1.807) is 6.92 Å². The topological polar surface area (TPSA) is 125 Å². The van der Waals surface area contributed by atoms with Crippen LogP contribution in [0.1, 0.15) is 5.56 Å². The number of aryl methyl sites for hydroxylation is 1. The fraction of sp³-hybridized carbons (Fsp3) is 0.0833. The minimum absolute atomic E-state index is 0.0214. The smallest absolute Gasteiger partial charge is 0.337 e. The van der Waals surface area contributed by atoms with Crippen molar-refractivity contribution in [1.82, 2.24) is 19.1 Å². The number of hydrogen-bond acceptors (Lipinski definition) is 7. The third-order valence-corrected chi connectivity index (χ3v) is 5.26.